The number of hydrogen-bond acceptors (Lipinski definition) is 4. The number of nitrogens with zero attached hydrogens (tertiary/aromatic N) is 2. The molecule has 0 radical (unpaired) electrons. The standard InChI is InChI=1S/C22H22N2O3/c1-26-16-7-8-21(27-2)19(13-16)15-10-12-24(14-15)22(25)18-9-11-23-20-6-4-3-5-17(18)20/h3-9,11,13,15H,10,12,14H2,1-2H3. The van der Waals surface area contributed by atoms with Crippen molar-refractivity contribution in [1.29, 1.82) is 0 Å². The van der Waals surface area contributed by atoms with E-state index in [4.69, 9.17) is 9.47 Å². The topological polar surface area (TPSA) is 51.7 Å². The van der Waals surface area contributed by atoms with Crippen molar-refractivity contribution in [3.8, 4) is 11.5 Å². The van der Waals surface area contributed by atoms with Crippen LogP contribution in [0.5, 0.6) is 11.5 Å². The number of carbonyl (C=O) groups is 1. The number of amides is 1. The molecule has 1 unspecified atom stereocenters. The molecule has 1 atom stereocenters. The first-order valence-corrected chi connectivity index (χ1v) is 9.06. The number of pyridine rings is 1. The van der Waals surface area contributed by atoms with E-state index in [-0.39, 0.29) is 11.8 Å². The van der Waals surface area contributed by atoms with Crippen molar-refractivity contribution in [3.05, 3.63) is 65.9 Å². The SMILES string of the molecule is COc1ccc(OC)c(C2CCN(C(=O)c3ccnc4ccccc34)C2)c1. The molecule has 0 spiro atoms. The fourth-order valence-electron chi connectivity index (χ4n) is 3.81. The van der Waals surface area contributed by atoms with Crippen LogP contribution in [0.25, 0.3) is 10.9 Å². The summed E-state index contributed by atoms with van der Waals surface area (Å²) in [5.74, 6) is 1.92. The van der Waals surface area contributed by atoms with Crippen LogP contribution < -0.4 is 9.47 Å². The Morgan fingerprint density at radius 1 is 1.11 bits per heavy atom. The van der Waals surface area contributed by atoms with Crippen LogP contribution in [-0.4, -0.2) is 43.1 Å². The number of fused-ring (bicyclic) bond motifs is 1. The van der Waals surface area contributed by atoms with E-state index in [1.54, 1.807) is 20.4 Å². The van der Waals surface area contributed by atoms with Gasteiger partial charge in [0.25, 0.3) is 5.91 Å². The first-order chi connectivity index (χ1) is 13.2. The zero-order chi connectivity index (χ0) is 18.8. The molecule has 0 bridgehead atoms. The van der Waals surface area contributed by atoms with E-state index >= 15 is 0 Å². The van der Waals surface area contributed by atoms with Crippen LogP contribution in [0.15, 0.2) is 54.7 Å². The Hall–Kier alpha value is -3.08. The van der Waals surface area contributed by atoms with Crippen molar-refractivity contribution < 1.29 is 14.3 Å². The summed E-state index contributed by atoms with van der Waals surface area (Å²) in [5, 5.41) is 0.896. The fourth-order valence-corrected chi connectivity index (χ4v) is 3.81. The Labute approximate surface area is 158 Å². The molecule has 1 fully saturated rings. The van der Waals surface area contributed by atoms with Crippen LogP contribution in [0.1, 0.15) is 28.3 Å². The van der Waals surface area contributed by atoms with E-state index < -0.39 is 0 Å². The number of ether oxygens (including phenoxy) is 2. The molecule has 1 aromatic heterocycles. The summed E-state index contributed by atoms with van der Waals surface area (Å²) in [4.78, 5) is 19.4. The van der Waals surface area contributed by atoms with Gasteiger partial charge in [0.15, 0.2) is 0 Å². The minimum atomic E-state index is 0.0537. The van der Waals surface area contributed by atoms with Gasteiger partial charge in [0.2, 0.25) is 0 Å². The zero-order valence-corrected chi connectivity index (χ0v) is 15.5. The summed E-state index contributed by atoms with van der Waals surface area (Å²) in [6.45, 7) is 1.39. The van der Waals surface area contributed by atoms with Crippen molar-refractivity contribution >= 4 is 16.8 Å². The molecule has 1 aliphatic rings. The smallest absolute Gasteiger partial charge is 0.254 e. The fraction of sp³-hybridized carbons (Fsp3) is 0.273. The van der Waals surface area contributed by atoms with Gasteiger partial charge in [0.05, 0.1) is 25.3 Å². The van der Waals surface area contributed by atoms with Gasteiger partial charge in [-0.25, -0.2) is 0 Å². The molecule has 4 rings (SSSR count). The minimum absolute atomic E-state index is 0.0537. The summed E-state index contributed by atoms with van der Waals surface area (Å²) in [6.07, 6.45) is 2.60. The van der Waals surface area contributed by atoms with Crippen molar-refractivity contribution in [3.63, 3.8) is 0 Å². The lowest BCUT2D eigenvalue weighted by molar-refractivity contribution is 0.0792. The Balaban J connectivity index is 1.60. The monoisotopic (exact) mass is 362 g/mol. The second-order valence-electron chi connectivity index (χ2n) is 6.72. The van der Waals surface area contributed by atoms with Gasteiger partial charge in [-0.1, -0.05) is 18.2 Å². The lowest BCUT2D eigenvalue weighted by atomic mass is 9.97. The van der Waals surface area contributed by atoms with Gasteiger partial charge >= 0.3 is 0 Å². The molecular weight excluding hydrogens is 340 g/mol. The van der Waals surface area contributed by atoms with Crippen molar-refractivity contribution in [2.45, 2.75) is 12.3 Å². The van der Waals surface area contributed by atoms with Gasteiger partial charge in [0, 0.05) is 36.2 Å². The third-order valence-corrected chi connectivity index (χ3v) is 5.23. The average Bonchev–Trinajstić information content (AvgIpc) is 3.22. The number of methoxy groups -OCH3 is 2. The maximum Gasteiger partial charge on any atom is 0.254 e. The van der Waals surface area contributed by atoms with Crippen LogP contribution in [0, 0.1) is 0 Å². The highest BCUT2D eigenvalue weighted by Crippen LogP contribution is 2.36. The molecule has 0 saturated carbocycles. The van der Waals surface area contributed by atoms with E-state index in [1.165, 1.54) is 0 Å². The average molecular weight is 362 g/mol. The molecule has 3 aromatic rings. The van der Waals surface area contributed by atoms with E-state index in [0.717, 1.165) is 40.9 Å². The molecule has 0 aliphatic carbocycles. The van der Waals surface area contributed by atoms with Gasteiger partial charge < -0.3 is 14.4 Å². The summed E-state index contributed by atoms with van der Waals surface area (Å²) in [7, 11) is 3.33. The number of benzene rings is 2. The van der Waals surface area contributed by atoms with E-state index in [0.29, 0.717) is 12.1 Å². The third-order valence-electron chi connectivity index (χ3n) is 5.23. The number of likely N-dealkylation sites (tertiary alicyclic amines) is 1. The Morgan fingerprint density at radius 3 is 2.78 bits per heavy atom. The van der Waals surface area contributed by atoms with Crippen LogP contribution in [0.4, 0.5) is 0 Å². The summed E-state index contributed by atoms with van der Waals surface area (Å²) >= 11 is 0. The molecule has 27 heavy (non-hydrogen) atoms. The summed E-state index contributed by atoms with van der Waals surface area (Å²) < 4.78 is 10.9. The number of para-hydroxylation sites is 1. The van der Waals surface area contributed by atoms with Gasteiger partial charge in [-0.15, -0.1) is 0 Å². The normalized spacial score (nSPS) is 16.5. The predicted molar refractivity (Wildman–Crippen MR) is 105 cm³/mol. The van der Waals surface area contributed by atoms with Crippen LogP contribution in [0.2, 0.25) is 0 Å². The van der Waals surface area contributed by atoms with Gasteiger partial charge in [-0.2, -0.15) is 0 Å². The lowest BCUT2D eigenvalue weighted by Crippen LogP contribution is -2.28. The Bertz CT molecular complexity index is 981. The van der Waals surface area contributed by atoms with E-state index in [9.17, 15) is 4.79 Å². The Kier molecular flexibility index (Phi) is 4.67. The first kappa shape index (κ1) is 17.3. The molecule has 5 nitrogen and oxygen atoms in total. The van der Waals surface area contributed by atoms with Crippen molar-refractivity contribution in [2.24, 2.45) is 0 Å². The molecule has 1 amide bonds. The number of hydrogen-bond donors (Lipinski definition) is 0. The van der Waals surface area contributed by atoms with Gasteiger partial charge in [-0.05, 0) is 36.8 Å². The van der Waals surface area contributed by atoms with Crippen LogP contribution in [0.3, 0.4) is 0 Å². The number of carbonyl (C=O) groups excluding carboxylic acids is 1. The second-order valence-corrected chi connectivity index (χ2v) is 6.72. The molecule has 2 aromatic carbocycles. The lowest BCUT2D eigenvalue weighted by Gasteiger charge is -2.19. The highest BCUT2D eigenvalue weighted by Gasteiger charge is 2.30. The molecule has 1 aliphatic heterocycles. The summed E-state index contributed by atoms with van der Waals surface area (Å²) in [6, 6.07) is 15.4. The number of aromatic nitrogens is 1. The van der Waals surface area contributed by atoms with Crippen molar-refractivity contribution in [1.82, 2.24) is 9.88 Å². The molecule has 1 saturated heterocycles. The number of rotatable bonds is 4. The molecule has 2 heterocycles. The van der Waals surface area contributed by atoms with Crippen molar-refractivity contribution in [2.75, 3.05) is 27.3 Å². The van der Waals surface area contributed by atoms with E-state index in [2.05, 4.69) is 4.98 Å². The third kappa shape index (κ3) is 3.21. The maximum atomic E-state index is 13.2. The molecular formula is C22H22N2O3. The maximum absolute atomic E-state index is 13.2. The molecule has 0 N–H and O–H groups in total. The molecule has 5 heteroatoms. The minimum Gasteiger partial charge on any atom is -0.497 e. The first-order valence-electron chi connectivity index (χ1n) is 9.06. The highest BCUT2D eigenvalue weighted by atomic mass is 16.5. The van der Waals surface area contributed by atoms with Gasteiger partial charge in [-0.3, -0.25) is 9.78 Å². The predicted octanol–water partition coefficient (Wildman–Crippen LogP) is 3.88. The largest absolute Gasteiger partial charge is 0.497 e. The second kappa shape index (κ2) is 7.27. The highest BCUT2D eigenvalue weighted by molar-refractivity contribution is 6.06. The Morgan fingerprint density at radius 2 is 1.96 bits per heavy atom. The quantitative estimate of drug-likeness (QED) is 0.707. The summed E-state index contributed by atoms with van der Waals surface area (Å²) in [5.41, 5.74) is 2.64. The van der Waals surface area contributed by atoms with Crippen LogP contribution >= 0.6 is 0 Å². The molecule has 138 valence electrons. The van der Waals surface area contributed by atoms with Crippen LogP contribution in [-0.2, 0) is 0 Å². The van der Waals surface area contributed by atoms with Gasteiger partial charge in [0.1, 0.15) is 11.5 Å². The van der Waals surface area contributed by atoms with E-state index in [1.807, 2.05) is 53.4 Å². The zero-order valence-electron chi connectivity index (χ0n) is 15.5.